The molecule has 0 bridgehead atoms. The molecule has 1 aromatic rings. The molecular formula is C10H14IN3O. The molecule has 0 amide bonds. The Hall–Kier alpha value is -0.770. The minimum atomic E-state index is -0.0555. The minimum Gasteiger partial charge on any atom is -0.279 e. The Bertz CT molecular complexity index is 436. The average molecular weight is 319 g/mol. The van der Waals surface area contributed by atoms with Crippen LogP contribution in [0.15, 0.2) is 4.79 Å². The lowest BCUT2D eigenvalue weighted by Gasteiger charge is -1.98. The van der Waals surface area contributed by atoms with Crippen molar-refractivity contribution in [3.05, 3.63) is 16.3 Å². The molecule has 0 aliphatic heterocycles. The molecule has 15 heavy (non-hydrogen) atoms. The van der Waals surface area contributed by atoms with Gasteiger partial charge in [-0.2, -0.15) is 5.10 Å². The molecular weight excluding hydrogens is 305 g/mol. The molecule has 82 valence electrons. The van der Waals surface area contributed by atoms with E-state index >= 15 is 0 Å². The van der Waals surface area contributed by atoms with Crippen LogP contribution in [0, 0.1) is 9.85 Å². The summed E-state index contributed by atoms with van der Waals surface area (Å²) in [4.78, 5) is 11.8. The molecule has 5 heteroatoms. The first-order valence-electron chi connectivity index (χ1n) is 4.99. The molecule has 0 aliphatic carbocycles. The van der Waals surface area contributed by atoms with Gasteiger partial charge in [-0.25, -0.2) is 9.48 Å². The molecule has 0 aliphatic rings. The van der Waals surface area contributed by atoms with Gasteiger partial charge in [0.1, 0.15) is 12.4 Å². The molecule has 0 N–H and O–H groups in total. The highest BCUT2D eigenvalue weighted by molar-refractivity contribution is 14.1. The molecule has 1 heterocycles. The molecule has 0 aromatic carbocycles. The Morgan fingerprint density at radius 3 is 2.73 bits per heavy atom. The van der Waals surface area contributed by atoms with Crippen LogP contribution in [0.1, 0.15) is 26.1 Å². The molecule has 0 saturated carbocycles. The third kappa shape index (κ3) is 2.84. The van der Waals surface area contributed by atoms with Gasteiger partial charge >= 0.3 is 5.69 Å². The topological polar surface area (TPSA) is 39.8 Å². The van der Waals surface area contributed by atoms with Crippen LogP contribution < -0.4 is 5.69 Å². The minimum absolute atomic E-state index is 0.0555. The van der Waals surface area contributed by atoms with Crippen LogP contribution in [-0.4, -0.2) is 14.3 Å². The van der Waals surface area contributed by atoms with Crippen molar-refractivity contribution in [3.8, 4) is 9.85 Å². The van der Waals surface area contributed by atoms with Gasteiger partial charge in [0.2, 0.25) is 0 Å². The predicted molar refractivity (Wildman–Crippen MR) is 68.0 cm³/mol. The van der Waals surface area contributed by atoms with Crippen LogP contribution in [0.4, 0.5) is 0 Å². The lowest BCUT2D eigenvalue weighted by molar-refractivity contribution is 0.646. The number of hydrogen-bond donors (Lipinski definition) is 0. The van der Waals surface area contributed by atoms with E-state index in [1.54, 1.807) is 4.57 Å². The molecule has 4 nitrogen and oxygen atoms in total. The standard InChI is InChI=1S/C10H14IN3O/c1-3-6-9-12-14(8-5-7-11)10(15)13(9)4-2/h3-4,6,8H2,1-2H3. The number of aromatic nitrogens is 3. The second kappa shape index (κ2) is 5.95. The summed E-state index contributed by atoms with van der Waals surface area (Å²) in [5.41, 5.74) is -0.0555. The van der Waals surface area contributed by atoms with Crippen LogP contribution >= 0.6 is 22.6 Å². The van der Waals surface area contributed by atoms with E-state index in [9.17, 15) is 4.79 Å². The van der Waals surface area contributed by atoms with E-state index in [-0.39, 0.29) is 5.69 Å². The van der Waals surface area contributed by atoms with E-state index < -0.39 is 0 Å². The van der Waals surface area contributed by atoms with Gasteiger partial charge in [-0.1, -0.05) is 12.8 Å². The van der Waals surface area contributed by atoms with Gasteiger partial charge in [0.25, 0.3) is 0 Å². The fraction of sp³-hybridized carbons (Fsp3) is 0.600. The monoisotopic (exact) mass is 319 g/mol. The molecule has 0 saturated heterocycles. The number of hydrogen-bond acceptors (Lipinski definition) is 2. The highest BCUT2D eigenvalue weighted by Gasteiger charge is 2.09. The summed E-state index contributed by atoms with van der Waals surface area (Å²) in [5, 5.41) is 4.27. The van der Waals surface area contributed by atoms with Gasteiger partial charge < -0.3 is 0 Å². The van der Waals surface area contributed by atoms with Crippen LogP contribution in [0.3, 0.4) is 0 Å². The number of rotatable bonds is 4. The summed E-state index contributed by atoms with van der Waals surface area (Å²) in [6, 6.07) is 0. The smallest absolute Gasteiger partial charge is 0.279 e. The Labute approximate surface area is 103 Å². The molecule has 1 aromatic heterocycles. The third-order valence-electron chi connectivity index (χ3n) is 2.08. The highest BCUT2D eigenvalue weighted by atomic mass is 127. The van der Waals surface area contributed by atoms with Gasteiger partial charge in [-0.3, -0.25) is 4.57 Å². The fourth-order valence-electron chi connectivity index (χ4n) is 1.42. The molecule has 0 radical (unpaired) electrons. The van der Waals surface area contributed by atoms with Crippen molar-refractivity contribution < 1.29 is 0 Å². The quantitative estimate of drug-likeness (QED) is 0.622. The van der Waals surface area contributed by atoms with E-state index in [0.717, 1.165) is 18.7 Å². The van der Waals surface area contributed by atoms with E-state index in [0.29, 0.717) is 13.1 Å². The van der Waals surface area contributed by atoms with Crippen molar-refractivity contribution >= 4 is 22.6 Å². The summed E-state index contributed by atoms with van der Waals surface area (Å²) >= 11 is 1.96. The van der Waals surface area contributed by atoms with Gasteiger partial charge in [-0.05, 0) is 17.3 Å². The van der Waals surface area contributed by atoms with E-state index in [4.69, 9.17) is 0 Å². The maximum absolute atomic E-state index is 11.8. The Morgan fingerprint density at radius 2 is 2.20 bits per heavy atom. The molecule has 0 atom stereocenters. The Balaban J connectivity index is 3.07. The van der Waals surface area contributed by atoms with Crippen molar-refractivity contribution in [2.24, 2.45) is 0 Å². The van der Waals surface area contributed by atoms with E-state index in [1.807, 2.05) is 29.5 Å². The Kier molecular flexibility index (Phi) is 4.88. The van der Waals surface area contributed by atoms with Crippen LogP contribution in [-0.2, 0) is 19.5 Å². The normalized spacial score (nSPS) is 9.80. The summed E-state index contributed by atoms with van der Waals surface area (Å²) in [6.45, 7) is 5.09. The second-order valence-corrected chi connectivity index (χ2v) is 3.66. The van der Waals surface area contributed by atoms with Gasteiger partial charge in [0.05, 0.1) is 0 Å². The summed E-state index contributed by atoms with van der Waals surface area (Å²) in [7, 11) is 0. The zero-order valence-electron chi connectivity index (χ0n) is 8.96. The van der Waals surface area contributed by atoms with Gasteiger partial charge in [0.15, 0.2) is 0 Å². The summed E-state index contributed by atoms with van der Waals surface area (Å²) < 4.78 is 5.87. The first-order chi connectivity index (χ1) is 7.24. The summed E-state index contributed by atoms with van der Waals surface area (Å²) in [5.74, 6) is 3.70. The molecule has 1 rings (SSSR count). The van der Waals surface area contributed by atoms with Crippen molar-refractivity contribution in [3.63, 3.8) is 0 Å². The van der Waals surface area contributed by atoms with Gasteiger partial charge in [0, 0.05) is 35.6 Å². The van der Waals surface area contributed by atoms with Gasteiger partial charge in [-0.15, -0.1) is 0 Å². The van der Waals surface area contributed by atoms with Crippen LogP contribution in [0.25, 0.3) is 0 Å². The third-order valence-corrected chi connectivity index (χ3v) is 2.47. The van der Waals surface area contributed by atoms with Crippen molar-refractivity contribution in [2.45, 2.75) is 39.8 Å². The van der Waals surface area contributed by atoms with Crippen LogP contribution in [0.5, 0.6) is 0 Å². The maximum atomic E-state index is 11.8. The molecule has 0 spiro atoms. The average Bonchev–Trinajstić information content (AvgIpc) is 2.52. The lowest BCUT2D eigenvalue weighted by Crippen LogP contribution is -2.24. The first-order valence-corrected chi connectivity index (χ1v) is 6.07. The molecule has 0 unspecified atom stereocenters. The van der Waals surface area contributed by atoms with Crippen molar-refractivity contribution in [1.29, 1.82) is 0 Å². The highest BCUT2D eigenvalue weighted by Crippen LogP contribution is 1.97. The van der Waals surface area contributed by atoms with E-state index in [1.165, 1.54) is 4.68 Å². The summed E-state index contributed by atoms with van der Waals surface area (Å²) in [6.07, 6.45) is 1.84. The maximum Gasteiger partial charge on any atom is 0.346 e. The lowest BCUT2D eigenvalue weighted by atomic mass is 10.3. The predicted octanol–water partition coefficient (Wildman–Crippen LogP) is 1.41. The number of halogens is 1. The first kappa shape index (κ1) is 12.3. The van der Waals surface area contributed by atoms with Crippen molar-refractivity contribution in [1.82, 2.24) is 14.3 Å². The number of nitrogens with zero attached hydrogens (tertiary/aromatic N) is 3. The zero-order chi connectivity index (χ0) is 11.3. The number of aryl methyl sites for hydroxylation is 1. The largest absolute Gasteiger partial charge is 0.346 e. The SMILES string of the molecule is CCCc1nn(CC#CI)c(=O)n1CC. The molecule has 0 fully saturated rings. The fourth-order valence-corrected chi connectivity index (χ4v) is 1.59. The Morgan fingerprint density at radius 1 is 1.47 bits per heavy atom. The van der Waals surface area contributed by atoms with E-state index in [2.05, 4.69) is 21.9 Å². The van der Waals surface area contributed by atoms with Crippen molar-refractivity contribution in [2.75, 3.05) is 0 Å². The van der Waals surface area contributed by atoms with Crippen LogP contribution in [0.2, 0.25) is 0 Å². The zero-order valence-corrected chi connectivity index (χ0v) is 11.1. The second-order valence-electron chi connectivity index (χ2n) is 3.12.